The molecule has 0 aliphatic carbocycles. The lowest BCUT2D eigenvalue weighted by atomic mass is 10.1. The maximum atomic E-state index is 12.9. The highest BCUT2D eigenvalue weighted by Gasteiger charge is 2.23. The van der Waals surface area contributed by atoms with Gasteiger partial charge in [0.1, 0.15) is 16.1 Å². The van der Waals surface area contributed by atoms with Gasteiger partial charge in [0.2, 0.25) is 5.43 Å². The molecule has 2 amide bonds. The molecule has 8 heteroatoms. The predicted octanol–water partition coefficient (Wildman–Crippen LogP) is 3.50. The maximum Gasteiger partial charge on any atom is 0.257 e. The van der Waals surface area contributed by atoms with Crippen LogP contribution in [-0.2, 0) is 6.54 Å². The number of carbonyl (C=O) groups excluding carboxylic acids is 2. The van der Waals surface area contributed by atoms with Crippen molar-refractivity contribution in [2.45, 2.75) is 52.7 Å². The van der Waals surface area contributed by atoms with Gasteiger partial charge in [0, 0.05) is 24.0 Å². The Balaban J connectivity index is 1.88. The summed E-state index contributed by atoms with van der Waals surface area (Å²) in [7, 11) is 0. The van der Waals surface area contributed by atoms with Gasteiger partial charge in [0.15, 0.2) is 0 Å². The fourth-order valence-electron chi connectivity index (χ4n) is 2.87. The summed E-state index contributed by atoms with van der Waals surface area (Å²) < 4.78 is 2.73. The molecule has 0 unspecified atom stereocenters. The molecule has 0 radical (unpaired) electrons. The van der Waals surface area contributed by atoms with E-state index in [4.69, 9.17) is 0 Å². The van der Waals surface area contributed by atoms with Crippen LogP contribution in [0.4, 0.5) is 0 Å². The molecule has 3 rings (SSSR count). The minimum atomic E-state index is -0.588. The zero-order valence-corrected chi connectivity index (χ0v) is 18.6. The highest BCUT2D eigenvalue weighted by atomic mass is 32.1. The van der Waals surface area contributed by atoms with E-state index >= 15 is 0 Å². The molecule has 0 atom stereocenters. The van der Waals surface area contributed by atoms with Crippen LogP contribution in [0.1, 0.15) is 66.4 Å². The number of aromatic nitrogens is 2. The second-order valence-corrected chi connectivity index (χ2v) is 9.53. The third-order valence-corrected chi connectivity index (χ3v) is 5.39. The van der Waals surface area contributed by atoms with Crippen molar-refractivity contribution in [3.63, 3.8) is 0 Å². The Bertz CT molecular complexity index is 1120. The van der Waals surface area contributed by atoms with Crippen molar-refractivity contribution in [2.75, 3.05) is 0 Å². The number of thiazole rings is 1. The third-order valence-electron chi connectivity index (χ3n) is 4.36. The summed E-state index contributed by atoms with van der Waals surface area (Å²) in [5.41, 5.74) is -0.333. The molecule has 2 N–H and O–H groups in total. The molecular weight excluding hydrogens is 400 g/mol. The first-order valence-electron chi connectivity index (χ1n) is 9.76. The van der Waals surface area contributed by atoms with Crippen LogP contribution in [0.2, 0.25) is 0 Å². The predicted molar refractivity (Wildman–Crippen MR) is 119 cm³/mol. The number of nitrogens with one attached hydrogen (secondary N) is 2. The van der Waals surface area contributed by atoms with Gasteiger partial charge >= 0.3 is 0 Å². The Hall–Kier alpha value is -3.00. The van der Waals surface area contributed by atoms with Gasteiger partial charge in [-0.15, -0.1) is 11.3 Å². The minimum absolute atomic E-state index is 0.0254. The summed E-state index contributed by atoms with van der Waals surface area (Å²) in [6.45, 7) is 9.54. The summed E-state index contributed by atoms with van der Waals surface area (Å²) in [6.07, 6.45) is 2.99. The Morgan fingerprint density at radius 1 is 1.10 bits per heavy atom. The molecular formula is C22H26N4O3S. The van der Waals surface area contributed by atoms with Gasteiger partial charge in [0.25, 0.3) is 11.8 Å². The number of hydrogen-bond donors (Lipinski definition) is 2. The first-order valence-corrected chi connectivity index (χ1v) is 10.6. The third kappa shape index (κ3) is 4.94. The molecule has 0 spiro atoms. The lowest BCUT2D eigenvalue weighted by molar-refractivity contribution is 0.0917. The fourth-order valence-corrected chi connectivity index (χ4v) is 3.78. The van der Waals surface area contributed by atoms with E-state index in [-0.39, 0.29) is 23.7 Å². The number of rotatable bonds is 5. The van der Waals surface area contributed by atoms with E-state index < -0.39 is 22.8 Å². The second kappa shape index (κ2) is 8.39. The molecule has 0 saturated heterocycles. The first kappa shape index (κ1) is 21.7. The standard InChI is InChI=1S/C22H26N4O3S/c1-13(2)26-11-14(19(27)15(12-26)21(29)25-22(3,4)5)20(28)23-10-18-24-16-8-6-7-9-17(16)30-18/h6-9,11-13H,10H2,1-5H3,(H,23,28)(H,25,29). The monoisotopic (exact) mass is 426 g/mol. The number of nitrogens with zero attached hydrogens (tertiary/aromatic N) is 2. The average Bonchev–Trinajstić information content (AvgIpc) is 3.07. The first-order chi connectivity index (χ1) is 14.0. The van der Waals surface area contributed by atoms with Gasteiger partial charge in [-0.1, -0.05) is 12.1 Å². The van der Waals surface area contributed by atoms with Crippen molar-refractivity contribution < 1.29 is 9.59 Å². The lowest BCUT2D eigenvalue weighted by Gasteiger charge is -2.21. The Morgan fingerprint density at radius 2 is 1.73 bits per heavy atom. The van der Waals surface area contributed by atoms with Crippen LogP contribution in [-0.4, -0.2) is 26.9 Å². The zero-order valence-electron chi connectivity index (χ0n) is 17.8. The van der Waals surface area contributed by atoms with Crippen LogP contribution in [0.15, 0.2) is 41.5 Å². The summed E-state index contributed by atoms with van der Waals surface area (Å²) in [5.74, 6) is -1.03. The van der Waals surface area contributed by atoms with Crippen molar-refractivity contribution in [3.05, 3.63) is 63.0 Å². The Labute approximate surface area is 179 Å². The minimum Gasteiger partial charge on any atom is -0.350 e. The van der Waals surface area contributed by atoms with E-state index in [1.807, 2.05) is 58.9 Å². The molecule has 0 bridgehead atoms. The maximum absolute atomic E-state index is 12.9. The number of benzene rings is 1. The normalized spacial score (nSPS) is 11.7. The molecule has 0 aliphatic rings. The molecule has 0 saturated carbocycles. The number of amides is 2. The Kier molecular flexibility index (Phi) is 6.07. The van der Waals surface area contributed by atoms with E-state index in [1.165, 1.54) is 23.7 Å². The van der Waals surface area contributed by atoms with Crippen molar-refractivity contribution >= 4 is 33.4 Å². The van der Waals surface area contributed by atoms with Crippen molar-refractivity contribution in [1.82, 2.24) is 20.2 Å². The van der Waals surface area contributed by atoms with E-state index in [0.29, 0.717) is 0 Å². The van der Waals surface area contributed by atoms with Crippen molar-refractivity contribution in [1.29, 1.82) is 0 Å². The number of carbonyl (C=O) groups is 2. The quantitative estimate of drug-likeness (QED) is 0.653. The molecule has 7 nitrogen and oxygen atoms in total. The van der Waals surface area contributed by atoms with E-state index in [2.05, 4.69) is 15.6 Å². The van der Waals surface area contributed by atoms with Crippen molar-refractivity contribution in [2.24, 2.45) is 0 Å². The van der Waals surface area contributed by atoms with E-state index in [9.17, 15) is 14.4 Å². The van der Waals surface area contributed by atoms with Crippen LogP contribution >= 0.6 is 11.3 Å². The van der Waals surface area contributed by atoms with Crippen LogP contribution in [0.3, 0.4) is 0 Å². The topological polar surface area (TPSA) is 93.1 Å². The molecule has 3 aromatic rings. The lowest BCUT2D eigenvalue weighted by Crippen LogP contribution is -2.43. The van der Waals surface area contributed by atoms with Crippen LogP contribution in [0, 0.1) is 0 Å². The van der Waals surface area contributed by atoms with Crippen molar-refractivity contribution in [3.8, 4) is 0 Å². The molecule has 0 aliphatic heterocycles. The number of fused-ring (bicyclic) bond motifs is 1. The van der Waals surface area contributed by atoms with Gasteiger partial charge in [-0.2, -0.15) is 0 Å². The van der Waals surface area contributed by atoms with Gasteiger partial charge in [-0.25, -0.2) is 4.98 Å². The summed E-state index contributed by atoms with van der Waals surface area (Å²) in [5, 5.41) is 6.30. The number of pyridine rings is 1. The smallest absolute Gasteiger partial charge is 0.257 e. The summed E-state index contributed by atoms with van der Waals surface area (Å²) in [4.78, 5) is 42.9. The van der Waals surface area contributed by atoms with E-state index in [1.54, 1.807) is 4.57 Å². The SMILES string of the molecule is CC(C)n1cc(C(=O)NCc2nc3ccccc3s2)c(=O)c(C(=O)NC(C)(C)C)c1. The zero-order chi connectivity index (χ0) is 22.1. The molecule has 2 aromatic heterocycles. The van der Waals surface area contributed by atoms with Crippen LogP contribution in [0.25, 0.3) is 10.2 Å². The largest absolute Gasteiger partial charge is 0.350 e. The summed E-state index contributed by atoms with van der Waals surface area (Å²) >= 11 is 1.49. The number of para-hydroxylation sites is 1. The highest BCUT2D eigenvalue weighted by Crippen LogP contribution is 2.21. The van der Waals surface area contributed by atoms with Gasteiger partial charge in [0.05, 0.1) is 16.8 Å². The Morgan fingerprint density at radius 3 is 2.33 bits per heavy atom. The van der Waals surface area contributed by atoms with E-state index in [0.717, 1.165) is 15.2 Å². The highest BCUT2D eigenvalue weighted by molar-refractivity contribution is 7.18. The molecule has 158 valence electrons. The van der Waals surface area contributed by atoms with Gasteiger partial charge in [-0.05, 0) is 46.8 Å². The molecule has 30 heavy (non-hydrogen) atoms. The second-order valence-electron chi connectivity index (χ2n) is 8.42. The molecule has 2 heterocycles. The number of hydrogen-bond acceptors (Lipinski definition) is 5. The molecule has 1 aromatic carbocycles. The average molecular weight is 427 g/mol. The fraction of sp³-hybridized carbons (Fsp3) is 0.364. The van der Waals surface area contributed by atoms with Gasteiger partial charge < -0.3 is 15.2 Å². The van der Waals surface area contributed by atoms with Gasteiger partial charge in [-0.3, -0.25) is 14.4 Å². The van der Waals surface area contributed by atoms with Crippen LogP contribution in [0.5, 0.6) is 0 Å². The molecule has 0 fully saturated rings. The van der Waals surface area contributed by atoms with Crippen LogP contribution < -0.4 is 16.1 Å². The summed E-state index contributed by atoms with van der Waals surface area (Å²) in [6, 6.07) is 7.70.